The van der Waals surface area contributed by atoms with Crippen LogP contribution in [0.4, 0.5) is 0 Å². The minimum Gasteiger partial charge on any atom is -0.480 e. The average molecular weight is 320 g/mol. The molecule has 2 amide bonds. The molecular formula is C15H16N2O6. The molecular weight excluding hydrogens is 304 g/mol. The van der Waals surface area contributed by atoms with Crippen molar-refractivity contribution in [1.29, 1.82) is 0 Å². The molecule has 3 rings (SSSR count). The van der Waals surface area contributed by atoms with Gasteiger partial charge in [-0.2, -0.15) is 0 Å². The molecule has 0 unspecified atom stereocenters. The van der Waals surface area contributed by atoms with E-state index in [9.17, 15) is 14.4 Å². The molecule has 1 aromatic rings. The minimum absolute atomic E-state index is 0.0268. The molecule has 8 nitrogen and oxygen atoms in total. The van der Waals surface area contributed by atoms with Crippen LogP contribution in [0.1, 0.15) is 23.2 Å². The smallest absolute Gasteiger partial charge is 0.323 e. The molecule has 1 aliphatic carbocycles. The minimum atomic E-state index is -1.06. The summed E-state index contributed by atoms with van der Waals surface area (Å²) in [6.07, 6.45) is 1.60. The van der Waals surface area contributed by atoms with E-state index in [1.165, 1.54) is 11.0 Å². The first-order valence-electron chi connectivity index (χ1n) is 7.23. The Kier molecular flexibility index (Phi) is 4.05. The zero-order chi connectivity index (χ0) is 16.4. The first-order valence-corrected chi connectivity index (χ1v) is 7.23. The molecule has 0 atom stereocenters. The molecule has 2 N–H and O–H groups in total. The van der Waals surface area contributed by atoms with Crippen LogP contribution in [0.25, 0.3) is 0 Å². The van der Waals surface area contributed by atoms with Gasteiger partial charge in [-0.05, 0) is 31.0 Å². The largest absolute Gasteiger partial charge is 0.480 e. The normalized spacial score (nSPS) is 15.1. The van der Waals surface area contributed by atoms with E-state index in [1.807, 2.05) is 0 Å². The molecule has 1 heterocycles. The SMILES string of the molecule is O=C(O)CN(C(=O)CNC(=O)c1ccc2c(c1)OCO2)C1CC1. The summed E-state index contributed by atoms with van der Waals surface area (Å²) >= 11 is 0. The fraction of sp³-hybridized carbons (Fsp3) is 0.400. The lowest BCUT2D eigenvalue weighted by Crippen LogP contribution is -2.43. The first-order chi connectivity index (χ1) is 11.0. The summed E-state index contributed by atoms with van der Waals surface area (Å²) in [6, 6.07) is 4.71. The van der Waals surface area contributed by atoms with E-state index in [0.717, 1.165) is 12.8 Å². The molecule has 1 saturated carbocycles. The Balaban J connectivity index is 1.57. The van der Waals surface area contributed by atoms with Gasteiger partial charge in [0.1, 0.15) is 6.54 Å². The van der Waals surface area contributed by atoms with Gasteiger partial charge in [0.25, 0.3) is 5.91 Å². The molecule has 1 fully saturated rings. The Morgan fingerprint density at radius 3 is 2.65 bits per heavy atom. The van der Waals surface area contributed by atoms with Crippen LogP contribution < -0.4 is 14.8 Å². The third-order valence-corrected chi connectivity index (χ3v) is 3.65. The van der Waals surface area contributed by atoms with Crippen molar-refractivity contribution in [1.82, 2.24) is 10.2 Å². The highest BCUT2D eigenvalue weighted by Gasteiger charge is 2.33. The van der Waals surface area contributed by atoms with Gasteiger partial charge in [0.05, 0.1) is 6.54 Å². The van der Waals surface area contributed by atoms with Crippen LogP contribution in [-0.2, 0) is 9.59 Å². The van der Waals surface area contributed by atoms with E-state index >= 15 is 0 Å². The van der Waals surface area contributed by atoms with Crippen molar-refractivity contribution in [3.63, 3.8) is 0 Å². The van der Waals surface area contributed by atoms with Crippen molar-refractivity contribution in [2.24, 2.45) is 0 Å². The van der Waals surface area contributed by atoms with E-state index < -0.39 is 17.8 Å². The Labute approximate surface area is 132 Å². The molecule has 122 valence electrons. The summed E-state index contributed by atoms with van der Waals surface area (Å²) in [6.45, 7) is -0.467. The van der Waals surface area contributed by atoms with Crippen LogP contribution in [0.3, 0.4) is 0 Å². The second-order valence-electron chi connectivity index (χ2n) is 5.40. The molecule has 1 aromatic carbocycles. The van der Waals surface area contributed by atoms with Crippen molar-refractivity contribution in [2.75, 3.05) is 19.9 Å². The van der Waals surface area contributed by atoms with Gasteiger partial charge in [0.15, 0.2) is 11.5 Å². The Hall–Kier alpha value is -2.77. The highest BCUT2D eigenvalue weighted by Crippen LogP contribution is 2.32. The van der Waals surface area contributed by atoms with Gasteiger partial charge in [-0.3, -0.25) is 14.4 Å². The molecule has 0 spiro atoms. The number of ether oxygens (including phenoxy) is 2. The Bertz CT molecular complexity index is 655. The highest BCUT2D eigenvalue weighted by molar-refractivity contribution is 5.97. The van der Waals surface area contributed by atoms with E-state index in [2.05, 4.69) is 5.32 Å². The number of carboxylic acids is 1. The number of nitrogens with zero attached hydrogens (tertiary/aromatic N) is 1. The zero-order valence-corrected chi connectivity index (χ0v) is 12.3. The zero-order valence-electron chi connectivity index (χ0n) is 12.3. The van der Waals surface area contributed by atoms with Gasteiger partial charge >= 0.3 is 5.97 Å². The van der Waals surface area contributed by atoms with Crippen molar-refractivity contribution in [2.45, 2.75) is 18.9 Å². The number of benzene rings is 1. The fourth-order valence-electron chi connectivity index (χ4n) is 2.35. The van der Waals surface area contributed by atoms with E-state index in [1.54, 1.807) is 12.1 Å². The number of aliphatic carboxylic acids is 1. The van der Waals surface area contributed by atoms with E-state index in [-0.39, 0.29) is 25.9 Å². The lowest BCUT2D eigenvalue weighted by atomic mass is 10.2. The molecule has 8 heteroatoms. The summed E-state index contributed by atoms with van der Waals surface area (Å²) in [7, 11) is 0. The second kappa shape index (κ2) is 6.15. The van der Waals surface area contributed by atoms with E-state index in [4.69, 9.17) is 14.6 Å². The average Bonchev–Trinajstić information content (AvgIpc) is 3.26. The van der Waals surface area contributed by atoms with Crippen LogP contribution in [0.15, 0.2) is 18.2 Å². The fourth-order valence-corrected chi connectivity index (χ4v) is 2.35. The topological polar surface area (TPSA) is 105 Å². The molecule has 0 saturated heterocycles. The summed E-state index contributed by atoms with van der Waals surface area (Å²) in [4.78, 5) is 36.3. The number of fused-ring (bicyclic) bond motifs is 1. The highest BCUT2D eigenvalue weighted by atomic mass is 16.7. The van der Waals surface area contributed by atoms with Crippen LogP contribution in [0.5, 0.6) is 11.5 Å². The van der Waals surface area contributed by atoms with Crippen LogP contribution >= 0.6 is 0 Å². The Morgan fingerprint density at radius 1 is 1.22 bits per heavy atom. The van der Waals surface area contributed by atoms with Gasteiger partial charge in [-0.25, -0.2) is 0 Å². The lowest BCUT2D eigenvalue weighted by molar-refractivity contribution is -0.144. The standard InChI is InChI=1S/C15H16N2O6/c18-13(17(7-14(19)20)10-2-3-10)6-16-15(21)9-1-4-11-12(5-9)23-8-22-11/h1,4-5,10H,2-3,6-8H2,(H,16,21)(H,19,20). The first kappa shape index (κ1) is 15.1. The predicted octanol–water partition coefficient (Wildman–Crippen LogP) is 0.221. The molecule has 23 heavy (non-hydrogen) atoms. The number of hydrogen-bond donors (Lipinski definition) is 2. The van der Waals surface area contributed by atoms with Crippen LogP contribution in [-0.4, -0.2) is 53.7 Å². The monoisotopic (exact) mass is 320 g/mol. The van der Waals surface area contributed by atoms with Gasteiger partial charge in [0, 0.05) is 11.6 Å². The summed E-state index contributed by atoms with van der Waals surface area (Å²) in [5.74, 6) is -0.840. The molecule has 2 aliphatic rings. The lowest BCUT2D eigenvalue weighted by Gasteiger charge is -2.20. The predicted molar refractivity (Wildman–Crippen MR) is 77.3 cm³/mol. The van der Waals surface area contributed by atoms with Gasteiger partial charge in [-0.1, -0.05) is 0 Å². The maximum Gasteiger partial charge on any atom is 0.323 e. The summed E-state index contributed by atoms with van der Waals surface area (Å²) in [5, 5.41) is 11.4. The van der Waals surface area contributed by atoms with Gasteiger partial charge in [0.2, 0.25) is 12.7 Å². The molecule has 0 radical (unpaired) electrons. The Morgan fingerprint density at radius 2 is 1.96 bits per heavy atom. The summed E-state index contributed by atoms with van der Waals surface area (Å²) in [5.41, 5.74) is 0.346. The van der Waals surface area contributed by atoms with Crippen molar-refractivity contribution < 1.29 is 29.0 Å². The molecule has 1 aliphatic heterocycles. The number of rotatable bonds is 6. The van der Waals surface area contributed by atoms with Crippen LogP contribution in [0.2, 0.25) is 0 Å². The third-order valence-electron chi connectivity index (χ3n) is 3.65. The maximum atomic E-state index is 12.1. The van der Waals surface area contributed by atoms with Crippen molar-refractivity contribution >= 4 is 17.8 Å². The number of hydrogen-bond acceptors (Lipinski definition) is 5. The second-order valence-corrected chi connectivity index (χ2v) is 5.40. The third kappa shape index (κ3) is 3.53. The van der Waals surface area contributed by atoms with Crippen LogP contribution in [0, 0.1) is 0 Å². The number of carbonyl (C=O) groups excluding carboxylic acids is 2. The quantitative estimate of drug-likeness (QED) is 0.777. The van der Waals surface area contributed by atoms with Gasteiger partial charge < -0.3 is 24.8 Å². The number of carbonyl (C=O) groups is 3. The van der Waals surface area contributed by atoms with Crippen molar-refractivity contribution in [3.05, 3.63) is 23.8 Å². The number of nitrogens with one attached hydrogen (secondary N) is 1. The molecule has 0 bridgehead atoms. The number of carboxylic acid groups (broad SMARTS) is 1. The van der Waals surface area contributed by atoms with Crippen molar-refractivity contribution in [3.8, 4) is 11.5 Å². The number of amides is 2. The van der Waals surface area contributed by atoms with Gasteiger partial charge in [-0.15, -0.1) is 0 Å². The van der Waals surface area contributed by atoms with E-state index in [0.29, 0.717) is 17.1 Å². The summed E-state index contributed by atoms with van der Waals surface area (Å²) < 4.78 is 10.4. The molecule has 0 aromatic heterocycles. The maximum absolute atomic E-state index is 12.1.